The lowest BCUT2D eigenvalue weighted by molar-refractivity contribution is -0.146. The van der Waals surface area contributed by atoms with Crippen LogP contribution in [0.1, 0.15) is 48.8 Å². The number of aromatic nitrogens is 2. The van der Waals surface area contributed by atoms with E-state index in [1.54, 1.807) is 0 Å². The van der Waals surface area contributed by atoms with Gasteiger partial charge in [0.15, 0.2) is 0 Å². The number of nitrogens with zero attached hydrogens (tertiary/aromatic N) is 1. The number of aliphatic carboxylic acids is 4. The van der Waals surface area contributed by atoms with E-state index in [1.165, 1.54) is 0 Å². The molecule has 1 heterocycles. The van der Waals surface area contributed by atoms with Crippen molar-refractivity contribution >= 4 is 29.8 Å². The molecule has 26 heavy (non-hydrogen) atoms. The van der Waals surface area contributed by atoms with Gasteiger partial charge in [-0.2, -0.15) is 0 Å². The van der Waals surface area contributed by atoms with E-state index in [1.807, 2.05) is 0 Å². The van der Waals surface area contributed by atoms with Crippen LogP contribution in [-0.4, -0.2) is 60.2 Å². The van der Waals surface area contributed by atoms with Crippen LogP contribution in [0.4, 0.5) is 0 Å². The summed E-state index contributed by atoms with van der Waals surface area (Å²) in [6, 6.07) is 0. The molecule has 0 radical (unpaired) electrons. The van der Waals surface area contributed by atoms with Gasteiger partial charge in [-0.3, -0.25) is 24.0 Å². The van der Waals surface area contributed by atoms with E-state index >= 15 is 0 Å². The van der Waals surface area contributed by atoms with E-state index in [9.17, 15) is 34.2 Å². The summed E-state index contributed by atoms with van der Waals surface area (Å²) in [4.78, 5) is 61.8. The molecule has 2 atom stereocenters. The highest BCUT2D eigenvalue weighted by Gasteiger charge is 2.35. The highest BCUT2D eigenvalue weighted by Crippen LogP contribution is 2.30. The predicted molar refractivity (Wildman–Crippen MR) is 79.3 cm³/mol. The number of carboxylic acid groups (broad SMARTS) is 4. The Bertz CT molecular complexity index is 687. The van der Waals surface area contributed by atoms with Gasteiger partial charge in [0.2, 0.25) is 0 Å². The lowest BCUT2D eigenvalue weighted by Gasteiger charge is -2.14. The van der Waals surface area contributed by atoms with Gasteiger partial charge in [-0.1, -0.05) is 0 Å². The number of nitrogens with one attached hydrogen (secondary N) is 1. The average Bonchev–Trinajstić information content (AvgIpc) is 2.90. The molecule has 0 spiro atoms. The number of H-pyrrole nitrogens is 1. The number of esters is 1. The first-order valence-corrected chi connectivity index (χ1v) is 7.14. The maximum Gasteiger partial charge on any atom is 0.313 e. The molecular formula is C14H16N2O10. The summed E-state index contributed by atoms with van der Waals surface area (Å²) in [5, 5.41) is 36.3. The Balaban J connectivity index is 3.44. The summed E-state index contributed by atoms with van der Waals surface area (Å²) in [5.74, 6) is -10.3. The number of ether oxygens (including phenoxy) is 1. The summed E-state index contributed by atoms with van der Waals surface area (Å²) in [7, 11) is 0. The maximum absolute atomic E-state index is 11.4. The van der Waals surface area contributed by atoms with Crippen LogP contribution in [0.25, 0.3) is 0 Å². The van der Waals surface area contributed by atoms with Gasteiger partial charge in [-0.05, 0) is 0 Å². The van der Waals surface area contributed by atoms with Crippen LogP contribution in [0, 0.1) is 0 Å². The highest BCUT2D eigenvalue weighted by molar-refractivity contribution is 5.85. The van der Waals surface area contributed by atoms with Crippen LogP contribution in [0.2, 0.25) is 0 Å². The molecule has 1 rings (SSSR count). The number of hydrogen-bond acceptors (Lipinski definition) is 7. The van der Waals surface area contributed by atoms with Crippen LogP contribution < -0.4 is 0 Å². The van der Waals surface area contributed by atoms with Gasteiger partial charge in [0.05, 0.1) is 24.2 Å². The summed E-state index contributed by atoms with van der Waals surface area (Å²) >= 11 is 0. The van der Waals surface area contributed by atoms with Crippen LogP contribution >= 0.6 is 0 Å². The van der Waals surface area contributed by atoms with Crippen molar-refractivity contribution < 1.29 is 49.1 Å². The first-order chi connectivity index (χ1) is 12.0. The molecule has 5 N–H and O–H groups in total. The van der Waals surface area contributed by atoms with E-state index in [0.717, 1.165) is 6.92 Å². The number of carboxylic acids is 4. The third kappa shape index (κ3) is 5.58. The monoisotopic (exact) mass is 372 g/mol. The quantitative estimate of drug-likeness (QED) is 0.339. The van der Waals surface area contributed by atoms with Crippen LogP contribution in [0.5, 0.6) is 0 Å². The minimum absolute atomic E-state index is 0.140. The molecule has 0 bridgehead atoms. The minimum atomic E-state index is -1.72. The van der Waals surface area contributed by atoms with Gasteiger partial charge in [-0.15, -0.1) is 0 Å². The molecule has 0 aliphatic heterocycles. The molecule has 0 aliphatic rings. The summed E-state index contributed by atoms with van der Waals surface area (Å²) in [6.45, 7) is 0.640. The Morgan fingerprint density at radius 3 is 1.88 bits per heavy atom. The Hall–Kier alpha value is -3.44. The van der Waals surface area contributed by atoms with Crippen molar-refractivity contribution in [3.05, 3.63) is 17.2 Å². The fraction of sp³-hybridized carbons (Fsp3) is 0.429. The molecule has 1 aromatic rings. The molecule has 1 aromatic heterocycles. The van der Waals surface area contributed by atoms with Gasteiger partial charge in [0.1, 0.15) is 24.3 Å². The van der Waals surface area contributed by atoms with Gasteiger partial charge < -0.3 is 30.1 Å². The summed E-state index contributed by atoms with van der Waals surface area (Å²) in [5.41, 5.74) is -0.800. The van der Waals surface area contributed by atoms with Crippen molar-refractivity contribution in [3.63, 3.8) is 0 Å². The van der Waals surface area contributed by atoms with Crippen molar-refractivity contribution in [2.45, 2.75) is 38.2 Å². The molecule has 0 amide bonds. The smallest absolute Gasteiger partial charge is 0.313 e. The first kappa shape index (κ1) is 20.6. The average molecular weight is 372 g/mol. The normalized spacial score (nSPS) is 12.8. The van der Waals surface area contributed by atoms with Crippen LogP contribution in [0.15, 0.2) is 0 Å². The molecule has 12 heteroatoms. The molecule has 2 unspecified atom stereocenters. The SMILES string of the molecule is CC(=O)OCc1nc(C(CC(=O)O)C(=O)O)c(C(CC(=O)O)C(=O)O)[nH]1. The number of rotatable bonds is 10. The Labute approximate surface area is 145 Å². The van der Waals surface area contributed by atoms with Crippen molar-refractivity contribution in [2.24, 2.45) is 0 Å². The van der Waals surface area contributed by atoms with Crippen molar-refractivity contribution in [1.82, 2.24) is 9.97 Å². The Morgan fingerprint density at radius 1 is 0.962 bits per heavy atom. The van der Waals surface area contributed by atoms with E-state index in [4.69, 9.17) is 10.2 Å². The third-order valence-electron chi connectivity index (χ3n) is 3.25. The zero-order chi connectivity index (χ0) is 20.0. The van der Waals surface area contributed by atoms with Gasteiger partial charge in [0, 0.05) is 6.92 Å². The molecular weight excluding hydrogens is 356 g/mol. The van der Waals surface area contributed by atoms with Gasteiger partial charge in [0.25, 0.3) is 0 Å². The van der Waals surface area contributed by atoms with Crippen molar-refractivity contribution in [3.8, 4) is 0 Å². The second-order valence-corrected chi connectivity index (χ2v) is 5.24. The second-order valence-electron chi connectivity index (χ2n) is 5.24. The maximum atomic E-state index is 11.4. The summed E-state index contributed by atoms with van der Waals surface area (Å²) in [6.07, 6.45) is -1.80. The Morgan fingerprint density at radius 2 is 1.46 bits per heavy atom. The van der Waals surface area contributed by atoms with E-state index < -0.39 is 66.8 Å². The number of carbonyl (C=O) groups is 5. The first-order valence-electron chi connectivity index (χ1n) is 7.14. The van der Waals surface area contributed by atoms with Crippen LogP contribution in [-0.2, 0) is 35.3 Å². The lowest BCUT2D eigenvalue weighted by atomic mass is 9.92. The number of imidazole rings is 1. The second kappa shape index (κ2) is 8.60. The minimum Gasteiger partial charge on any atom is -0.481 e. The molecule has 142 valence electrons. The number of hydrogen-bond donors (Lipinski definition) is 5. The highest BCUT2D eigenvalue weighted by atomic mass is 16.5. The molecule has 0 fully saturated rings. The predicted octanol–water partition coefficient (Wildman–Crippen LogP) is -0.241. The largest absolute Gasteiger partial charge is 0.481 e. The van der Waals surface area contributed by atoms with Crippen molar-refractivity contribution in [2.75, 3.05) is 0 Å². The topological polar surface area (TPSA) is 204 Å². The van der Waals surface area contributed by atoms with Gasteiger partial charge >= 0.3 is 29.8 Å². The molecule has 12 nitrogen and oxygen atoms in total. The Kier molecular flexibility index (Phi) is 6.81. The third-order valence-corrected chi connectivity index (χ3v) is 3.25. The fourth-order valence-electron chi connectivity index (χ4n) is 2.19. The zero-order valence-electron chi connectivity index (χ0n) is 13.5. The lowest BCUT2D eigenvalue weighted by Crippen LogP contribution is -2.22. The fourth-order valence-corrected chi connectivity index (χ4v) is 2.19. The van der Waals surface area contributed by atoms with E-state index in [0.29, 0.717) is 0 Å². The van der Waals surface area contributed by atoms with Crippen molar-refractivity contribution in [1.29, 1.82) is 0 Å². The van der Waals surface area contributed by atoms with E-state index in [-0.39, 0.29) is 11.5 Å². The standard InChI is InChI=1S/C14H16N2O10/c1-5(17)26-4-8-15-11(6(13(22)23)2-9(18)19)12(16-8)7(14(24)25)3-10(20)21/h6-7H,2-4H2,1H3,(H,15,16)(H,18,19)(H,20,21)(H,22,23)(H,24,25). The van der Waals surface area contributed by atoms with Gasteiger partial charge in [-0.25, -0.2) is 4.98 Å². The molecule has 0 aromatic carbocycles. The number of carbonyl (C=O) groups excluding carboxylic acids is 1. The molecule has 0 saturated heterocycles. The zero-order valence-corrected chi connectivity index (χ0v) is 13.5. The summed E-state index contributed by atoms with van der Waals surface area (Å²) < 4.78 is 4.68. The van der Waals surface area contributed by atoms with Crippen LogP contribution in [0.3, 0.4) is 0 Å². The molecule has 0 aliphatic carbocycles. The number of aromatic amines is 1. The molecule has 0 saturated carbocycles. The van der Waals surface area contributed by atoms with E-state index in [2.05, 4.69) is 14.7 Å².